The number of rotatable bonds is 5. The lowest BCUT2D eigenvalue weighted by atomic mass is 9.93. The third-order valence-electron chi connectivity index (χ3n) is 5.70. The molecule has 0 radical (unpaired) electrons. The first-order valence-corrected chi connectivity index (χ1v) is 11.1. The van der Waals surface area contributed by atoms with Crippen LogP contribution in [0.3, 0.4) is 0 Å². The van der Waals surface area contributed by atoms with Gasteiger partial charge >= 0.3 is 6.03 Å². The average molecular weight is 442 g/mol. The number of carbonyl (C=O) groups is 3. The number of piperidine rings is 1. The Morgan fingerprint density at radius 2 is 2.10 bits per heavy atom. The summed E-state index contributed by atoms with van der Waals surface area (Å²) < 4.78 is 10.6. The Balaban J connectivity index is 1.33. The monoisotopic (exact) mass is 442 g/mol. The molecule has 3 aliphatic heterocycles. The number of carbonyl (C=O) groups excluding carboxylic acids is 3. The smallest absolute Gasteiger partial charge is 0.327 e. The van der Waals surface area contributed by atoms with E-state index >= 15 is 0 Å². The number of thiophene rings is 1. The minimum absolute atomic E-state index is 0.135. The molecule has 2 unspecified atom stereocenters. The molecule has 31 heavy (non-hydrogen) atoms. The number of hydrogen-bond acceptors (Lipinski definition) is 7. The van der Waals surface area contributed by atoms with E-state index in [1.54, 1.807) is 18.2 Å². The maximum Gasteiger partial charge on any atom is 0.327 e. The van der Waals surface area contributed by atoms with Crippen LogP contribution in [0, 0.1) is 0 Å². The highest BCUT2D eigenvalue weighted by Gasteiger charge is 2.47. The molecule has 3 aliphatic rings. The lowest BCUT2D eigenvalue weighted by Gasteiger charge is -2.46. The van der Waals surface area contributed by atoms with Gasteiger partial charge in [0.1, 0.15) is 12.6 Å². The summed E-state index contributed by atoms with van der Waals surface area (Å²) in [4.78, 5) is 42.8. The van der Waals surface area contributed by atoms with E-state index in [-0.39, 0.29) is 37.7 Å². The third kappa shape index (κ3) is 3.84. The Morgan fingerprint density at radius 3 is 2.94 bits per heavy atom. The van der Waals surface area contributed by atoms with Crippen LogP contribution in [0.4, 0.5) is 10.5 Å². The summed E-state index contributed by atoms with van der Waals surface area (Å²) in [6, 6.07) is 7.66. The van der Waals surface area contributed by atoms with E-state index in [4.69, 9.17) is 9.47 Å². The molecule has 4 heterocycles. The molecule has 9 nitrogen and oxygen atoms in total. The van der Waals surface area contributed by atoms with Crippen LogP contribution in [-0.2, 0) is 16.1 Å². The maximum absolute atomic E-state index is 13.2. The Kier molecular flexibility index (Phi) is 5.24. The fourth-order valence-corrected chi connectivity index (χ4v) is 4.93. The summed E-state index contributed by atoms with van der Waals surface area (Å²) in [6.07, 6.45) is 1.52. The predicted molar refractivity (Wildman–Crippen MR) is 113 cm³/mol. The molecule has 10 heteroatoms. The molecule has 2 atom stereocenters. The first-order valence-electron chi connectivity index (χ1n) is 10.2. The van der Waals surface area contributed by atoms with Gasteiger partial charge in [0.25, 0.3) is 0 Å². The molecule has 162 valence electrons. The van der Waals surface area contributed by atoms with Crippen LogP contribution in [0.1, 0.15) is 17.7 Å². The highest BCUT2D eigenvalue weighted by molar-refractivity contribution is 7.09. The van der Waals surface area contributed by atoms with Gasteiger partial charge in [0, 0.05) is 16.6 Å². The molecule has 0 spiro atoms. The number of urea groups is 1. The largest absolute Gasteiger partial charge is 0.454 e. The highest BCUT2D eigenvalue weighted by atomic mass is 32.1. The molecule has 0 bridgehead atoms. The van der Waals surface area contributed by atoms with Crippen molar-refractivity contribution < 1.29 is 23.9 Å². The molecular formula is C21H22N4O5S. The van der Waals surface area contributed by atoms with Crippen LogP contribution in [0.2, 0.25) is 0 Å². The maximum atomic E-state index is 13.2. The number of nitrogens with zero attached hydrogens (tertiary/aromatic N) is 2. The summed E-state index contributed by atoms with van der Waals surface area (Å²) >= 11 is 1.49. The lowest BCUT2D eigenvalue weighted by Crippen LogP contribution is -2.69. The summed E-state index contributed by atoms with van der Waals surface area (Å²) in [5.74, 6) is 0.636. The lowest BCUT2D eigenvalue weighted by molar-refractivity contribution is -0.138. The number of anilines is 1. The molecule has 1 aromatic carbocycles. The minimum atomic E-state index is -0.496. The van der Waals surface area contributed by atoms with E-state index < -0.39 is 12.1 Å². The number of benzene rings is 1. The van der Waals surface area contributed by atoms with Crippen molar-refractivity contribution in [3.63, 3.8) is 0 Å². The van der Waals surface area contributed by atoms with Gasteiger partial charge in [-0.05, 0) is 43.0 Å². The van der Waals surface area contributed by atoms with Crippen LogP contribution in [-0.4, -0.2) is 59.6 Å². The molecule has 5 rings (SSSR count). The minimum Gasteiger partial charge on any atom is -0.454 e. The highest BCUT2D eigenvalue weighted by Crippen LogP contribution is 2.34. The molecule has 1 aromatic heterocycles. The van der Waals surface area contributed by atoms with Crippen molar-refractivity contribution in [3.05, 3.63) is 40.6 Å². The topological polar surface area (TPSA) is 100 Å². The number of fused-ring (bicyclic) bond motifs is 2. The van der Waals surface area contributed by atoms with Crippen molar-refractivity contribution in [3.8, 4) is 11.5 Å². The van der Waals surface area contributed by atoms with Crippen molar-refractivity contribution in [2.45, 2.75) is 31.5 Å². The van der Waals surface area contributed by atoms with Crippen molar-refractivity contribution in [1.82, 2.24) is 15.1 Å². The van der Waals surface area contributed by atoms with E-state index in [9.17, 15) is 14.4 Å². The fraction of sp³-hybridized carbons (Fsp3) is 0.381. The molecule has 2 fully saturated rings. The summed E-state index contributed by atoms with van der Waals surface area (Å²) in [5.41, 5.74) is 0.559. The Morgan fingerprint density at radius 1 is 1.23 bits per heavy atom. The van der Waals surface area contributed by atoms with Crippen molar-refractivity contribution in [2.24, 2.45) is 0 Å². The number of nitrogens with one attached hydrogen (secondary N) is 2. The van der Waals surface area contributed by atoms with Gasteiger partial charge in [0.15, 0.2) is 11.5 Å². The van der Waals surface area contributed by atoms with Crippen molar-refractivity contribution >= 4 is 34.9 Å². The number of hydrogen-bond donors (Lipinski definition) is 2. The molecule has 0 saturated carbocycles. The van der Waals surface area contributed by atoms with Crippen LogP contribution in [0.15, 0.2) is 35.7 Å². The second kappa shape index (κ2) is 8.20. The van der Waals surface area contributed by atoms with E-state index in [0.717, 1.165) is 11.3 Å². The van der Waals surface area contributed by atoms with E-state index in [0.29, 0.717) is 30.2 Å². The predicted octanol–water partition coefficient (Wildman–Crippen LogP) is 2.00. The Hall–Kier alpha value is -3.11. The normalized spacial score (nSPS) is 22.5. The van der Waals surface area contributed by atoms with Gasteiger partial charge in [0.2, 0.25) is 18.6 Å². The average Bonchev–Trinajstić information content (AvgIpc) is 3.45. The molecule has 4 amide bonds. The zero-order valence-electron chi connectivity index (χ0n) is 16.7. The van der Waals surface area contributed by atoms with Crippen molar-refractivity contribution in [2.75, 3.05) is 25.2 Å². The van der Waals surface area contributed by atoms with Gasteiger partial charge in [-0.3, -0.25) is 14.5 Å². The van der Waals surface area contributed by atoms with E-state index in [1.807, 2.05) is 17.5 Å². The number of ether oxygens (including phenoxy) is 2. The van der Waals surface area contributed by atoms with E-state index in [1.165, 1.54) is 21.1 Å². The molecule has 2 N–H and O–H groups in total. The number of amides is 4. The second-order valence-corrected chi connectivity index (χ2v) is 8.70. The van der Waals surface area contributed by atoms with E-state index in [2.05, 4.69) is 10.6 Å². The Bertz CT molecular complexity index is 1010. The Labute approximate surface area is 182 Å². The van der Waals surface area contributed by atoms with Crippen LogP contribution in [0.25, 0.3) is 0 Å². The number of imide groups is 1. The first-order chi connectivity index (χ1) is 15.1. The van der Waals surface area contributed by atoms with Gasteiger partial charge in [-0.15, -0.1) is 11.3 Å². The molecule has 0 aliphatic carbocycles. The summed E-state index contributed by atoms with van der Waals surface area (Å²) in [7, 11) is 0. The van der Waals surface area contributed by atoms with Gasteiger partial charge < -0.3 is 25.0 Å². The fourth-order valence-electron chi connectivity index (χ4n) is 4.24. The molecular weight excluding hydrogens is 420 g/mol. The van der Waals surface area contributed by atoms with Gasteiger partial charge in [-0.25, -0.2) is 4.79 Å². The summed E-state index contributed by atoms with van der Waals surface area (Å²) in [6.45, 7) is 0.940. The van der Waals surface area contributed by atoms with Crippen LogP contribution >= 0.6 is 11.3 Å². The first kappa shape index (κ1) is 19.8. The second-order valence-electron chi connectivity index (χ2n) is 7.67. The zero-order valence-corrected chi connectivity index (χ0v) is 17.5. The summed E-state index contributed by atoms with van der Waals surface area (Å²) in [5, 5.41) is 7.96. The SMILES string of the molecule is O=C(CN1C(=O)N(Cc2cccs2)C(=O)C2NCCCC21)Nc1ccc2c(c1)OCO2. The van der Waals surface area contributed by atoms with Gasteiger partial charge in [0.05, 0.1) is 12.6 Å². The zero-order chi connectivity index (χ0) is 21.4. The van der Waals surface area contributed by atoms with Crippen LogP contribution in [0.5, 0.6) is 11.5 Å². The van der Waals surface area contributed by atoms with Gasteiger partial charge in [-0.1, -0.05) is 6.07 Å². The van der Waals surface area contributed by atoms with Crippen molar-refractivity contribution in [1.29, 1.82) is 0 Å². The molecule has 2 aromatic rings. The van der Waals surface area contributed by atoms with Crippen LogP contribution < -0.4 is 20.1 Å². The molecule has 2 saturated heterocycles. The quantitative estimate of drug-likeness (QED) is 0.735. The van der Waals surface area contributed by atoms with Gasteiger partial charge in [-0.2, -0.15) is 0 Å². The standard InChI is InChI=1S/C21H22N4O5S/c26-18(23-13-5-6-16-17(9-13)30-12-29-16)11-24-15-4-1-7-22-19(15)20(27)25(21(24)28)10-14-3-2-8-31-14/h2-3,5-6,8-9,15,19,22H,1,4,7,10-12H2,(H,23,26). The third-order valence-corrected chi connectivity index (χ3v) is 6.56.